The molecule has 3 aromatic rings. The predicted octanol–water partition coefficient (Wildman–Crippen LogP) is 6.81. The van der Waals surface area contributed by atoms with Crippen LogP contribution in [-0.4, -0.2) is 50.0 Å². The van der Waals surface area contributed by atoms with Crippen LogP contribution in [0.15, 0.2) is 66.7 Å². The van der Waals surface area contributed by atoms with Gasteiger partial charge in [0.15, 0.2) is 0 Å². The van der Waals surface area contributed by atoms with Crippen molar-refractivity contribution < 1.29 is 18.0 Å². The molecule has 0 aliphatic heterocycles. The van der Waals surface area contributed by atoms with E-state index in [1.54, 1.807) is 43.3 Å². The summed E-state index contributed by atoms with van der Waals surface area (Å²) < 4.78 is 27.1. The lowest BCUT2D eigenvalue weighted by atomic mass is 9.94. The molecule has 2 amide bonds. The normalized spacial score (nSPS) is 14.6. The highest BCUT2D eigenvalue weighted by Gasteiger charge is 2.35. The molecule has 0 bridgehead atoms. The lowest BCUT2D eigenvalue weighted by molar-refractivity contribution is -0.140. The number of nitrogens with one attached hydrogen (secondary N) is 1. The Kier molecular flexibility index (Phi) is 11.4. The smallest absolute Gasteiger partial charge is 0.244 e. The summed E-state index contributed by atoms with van der Waals surface area (Å²) >= 11 is 19.2. The molecule has 1 fully saturated rings. The molecule has 1 aliphatic rings. The van der Waals surface area contributed by atoms with Crippen molar-refractivity contribution in [1.82, 2.24) is 10.2 Å². The van der Waals surface area contributed by atoms with Crippen LogP contribution in [0.4, 0.5) is 5.69 Å². The zero-order chi connectivity index (χ0) is 31.1. The number of amides is 2. The van der Waals surface area contributed by atoms with Crippen molar-refractivity contribution in [2.45, 2.75) is 64.1 Å². The first kappa shape index (κ1) is 33.1. The Hall–Kier alpha value is -2.78. The predicted molar refractivity (Wildman–Crippen MR) is 174 cm³/mol. The number of carbonyl (C=O) groups is 2. The minimum atomic E-state index is -3.91. The number of benzene rings is 3. The van der Waals surface area contributed by atoms with Gasteiger partial charge in [-0.2, -0.15) is 0 Å². The maximum atomic E-state index is 14.3. The van der Waals surface area contributed by atoms with E-state index in [0.717, 1.165) is 48.2 Å². The van der Waals surface area contributed by atoms with Gasteiger partial charge < -0.3 is 10.2 Å². The summed E-state index contributed by atoms with van der Waals surface area (Å²) in [5.74, 6) is -0.878. The van der Waals surface area contributed by atoms with Gasteiger partial charge in [-0.25, -0.2) is 8.42 Å². The average molecular weight is 665 g/mol. The van der Waals surface area contributed by atoms with E-state index < -0.39 is 28.5 Å². The van der Waals surface area contributed by atoms with E-state index in [1.807, 2.05) is 30.3 Å². The number of aryl methyl sites for hydroxylation is 1. The summed E-state index contributed by atoms with van der Waals surface area (Å²) in [5, 5.41) is 4.29. The van der Waals surface area contributed by atoms with Crippen molar-refractivity contribution in [1.29, 1.82) is 0 Å². The first-order valence-corrected chi connectivity index (χ1v) is 17.2. The molecular formula is C32H36Cl3N3O4S. The van der Waals surface area contributed by atoms with Gasteiger partial charge in [-0.3, -0.25) is 13.9 Å². The van der Waals surface area contributed by atoms with Crippen molar-refractivity contribution in [3.63, 3.8) is 0 Å². The molecule has 0 saturated heterocycles. The van der Waals surface area contributed by atoms with Gasteiger partial charge in [-0.1, -0.05) is 90.5 Å². The van der Waals surface area contributed by atoms with Crippen LogP contribution in [0.5, 0.6) is 0 Å². The highest BCUT2D eigenvalue weighted by atomic mass is 35.5. The Morgan fingerprint density at radius 1 is 0.930 bits per heavy atom. The molecule has 0 heterocycles. The molecule has 0 radical (unpaired) electrons. The molecule has 0 unspecified atom stereocenters. The second kappa shape index (κ2) is 14.8. The number of carbonyl (C=O) groups excluding carboxylic acids is 2. The number of nitrogens with zero attached hydrogens (tertiary/aromatic N) is 2. The van der Waals surface area contributed by atoms with Gasteiger partial charge >= 0.3 is 0 Å². The minimum absolute atomic E-state index is 0.00427. The zero-order valence-corrected chi connectivity index (χ0v) is 27.3. The lowest BCUT2D eigenvalue weighted by Gasteiger charge is -2.35. The number of anilines is 1. The maximum Gasteiger partial charge on any atom is 0.244 e. The largest absolute Gasteiger partial charge is 0.352 e. The van der Waals surface area contributed by atoms with Gasteiger partial charge in [0.1, 0.15) is 12.6 Å². The fourth-order valence-electron chi connectivity index (χ4n) is 5.45. The molecule has 1 aliphatic carbocycles. The summed E-state index contributed by atoms with van der Waals surface area (Å²) in [5.41, 5.74) is 2.23. The van der Waals surface area contributed by atoms with Gasteiger partial charge in [0.05, 0.1) is 11.9 Å². The Bertz CT molecular complexity index is 1530. The van der Waals surface area contributed by atoms with Gasteiger partial charge in [0, 0.05) is 39.6 Å². The van der Waals surface area contributed by atoms with Gasteiger partial charge in [0.25, 0.3) is 0 Å². The van der Waals surface area contributed by atoms with Crippen LogP contribution in [0.2, 0.25) is 15.1 Å². The van der Waals surface area contributed by atoms with Crippen LogP contribution < -0.4 is 9.62 Å². The van der Waals surface area contributed by atoms with Crippen LogP contribution in [0.1, 0.15) is 48.8 Å². The lowest BCUT2D eigenvalue weighted by Crippen LogP contribution is -2.55. The number of rotatable bonds is 11. The highest BCUT2D eigenvalue weighted by Crippen LogP contribution is 2.29. The van der Waals surface area contributed by atoms with Crippen molar-refractivity contribution in [3.05, 3.63) is 98.5 Å². The Labute approximate surface area is 269 Å². The number of sulfonamides is 1. The third kappa shape index (κ3) is 8.88. The van der Waals surface area contributed by atoms with Crippen LogP contribution in [0.25, 0.3) is 0 Å². The van der Waals surface area contributed by atoms with Gasteiger partial charge in [0.2, 0.25) is 21.8 Å². The third-order valence-electron chi connectivity index (χ3n) is 7.72. The van der Waals surface area contributed by atoms with Crippen LogP contribution in [0.3, 0.4) is 0 Å². The molecule has 1 N–H and O–H groups in total. The maximum absolute atomic E-state index is 14.3. The Morgan fingerprint density at radius 2 is 1.58 bits per heavy atom. The number of halogens is 3. The van der Waals surface area contributed by atoms with Crippen molar-refractivity contribution in [2.24, 2.45) is 0 Å². The third-order valence-corrected chi connectivity index (χ3v) is 9.79. The first-order chi connectivity index (χ1) is 20.4. The molecule has 1 saturated carbocycles. The van der Waals surface area contributed by atoms with Crippen molar-refractivity contribution in [2.75, 3.05) is 17.1 Å². The second-order valence-corrected chi connectivity index (χ2v) is 14.1. The molecule has 4 rings (SSSR count). The van der Waals surface area contributed by atoms with E-state index in [0.29, 0.717) is 31.9 Å². The van der Waals surface area contributed by atoms with Gasteiger partial charge in [-0.05, 0) is 61.2 Å². The second-order valence-electron chi connectivity index (χ2n) is 11.0. The molecule has 0 spiro atoms. The Balaban J connectivity index is 1.77. The molecule has 11 heteroatoms. The molecule has 1 atom stereocenters. The van der Waals surface area contributed by atoms with E-state index in [4.69, 9.17) is 34.8 Å². The fraction of sp³-hybridized carbons (Fsp3) is 0.375. The monoisotopic (exact) mass is 663 g/mol. The van der Waals surface area contributed by atoms with E-state index in [9.17, 15) is 18.0 Å². The SMILES string of the molecule is Cc1cc(Cl)ccc1N(CC(=O)N(Cc1c(Cl)cccc1Cl)[C@@H](Cc1ccccc1)C(=O)NC1CCCCC1)S(C)(=O)=O. The summed E-state index contributed by atoms with van der Waals surface area (Å²) in [6.45, 7) is 1.09. The van der Waals surface area contributed by atoms with E-state index in [-0.39, 0.29) is 24.9 Å². The number of hydrogen-bond donors (Lipinski definition) is 1. The zero-order valence-electron chi connectivity index (χ0n) is 24.2. The quantitative estimate of drug-likeness (QED) is 0.244. The van der Waals surface area contributed by atoms with Crippen LogP contribution in [0, 0.1) is 6.92 Å². The summed E-state index contributed by atoms with van der Waals surface area (Å²) in [6.07, 6.45) is 6.16. The average Bonchev–Trinajstić information content (AvgIpc) is 2.95. The van der Waals surface area contributed by atoms with Crippen LogP contribution in [-0.2, 0) is 32.6 Å². The van der Waals surface area contributed by atoms with E-state index >= 15 is 0 Å². The summed E-state index contributed by atoms with van der Waals surface area (Å²) in [4.78, 5) is 29.8. The highest BCUT2D eigenvalue weighted by molar-refractivity contribution is 7.92. The molecule has 230 valence electrons. The summed E-state index contributed by atoms with van der Waals surface area (Å²) in [6, 6.07) is 18.3. The Morgan fingerprint density at radius 3 is 2.19 bits per heavy atom. The van der Waals surface area contributed by atoms with Gasteiger partial charge in [-0.15, -0.1) is 0 Å². The van der Waals surface area contributed by atoms with Crippen LogP contribution >= 0.6 is 34.8 Å². The first-order valence-electron chi connectivity index (χ1n) is 14.2. The summed E-state index contributed by atoms with van der Waals surface area (Å²) in [7, 11) is -3.91. The van der Waals surface area contributed by atoms with Crippen molar-refractivity contribution in [3.8, 4) is 0 Å². The topological polar surface area (TPSA) is 86.8 Å². The molecule has 3 aromatic carbocycles. The standard InChI is InChI=1S/C32H36Cl3N3O4S/c1-22-18-24(33)16-17-29(22)38(43(2,41)42)21-31(39)37(20-26-27(34)14-9-15-28(26)35)30(19-23-10-5-3-6-11-23)32(40)36-25-12-7-4-8-13-25/h3,5-6,9-11,14-18,25,30H,4,7-8,12-13,19-21H2,1-2H3,(H,36,40)/t30-/m0/s1. The molecule has 0 aromatic heterocycles. The molecular weight excluding hydrogens is 629 g/mol. The van der Waals surface area contributed by atoms with E-state index in [1.165, 1.54) is 4.90 Å². The fourth-order valence-corrected chi connectivity index (χ4v) is 7.10. The molecule has 43 heavy (non-hydrogen) atoms. The van der Waals surface area contributed by atoms with Crippen molar-refractivity contribution >= 4 is 62.3 Å². The molecule has 7 nitrogen and oxygen atoms in total. The van der Waals surface area contributed by atoms with E-state index in [2.05, 4.69) is 5.32 Å². The number of hydrogen-bond acceptors (Lipinski definition) is 4. The minimum Gasteiger partial charge on any atom is -0.352 e.